The molecule has 1 N–H and O–H groups in total. The van der Waals surface area contributed by atoms with Gasteiger partial charge in [0.1, 0.15) is 5.76 Å². The standard InChI is InChI=1S/C18H21ClN2O4S/c19-16-7-5-14(6-8-16)13-26(23,24)21-9-1-3-15(12-21)18(22)20-11-17-4-2-10-25-17/h2,4-8,10,15H,1,3,9,11-13H2,(H,20,22)/t15-/m0/s1. The van der Waals surface area contributed by atoms with Gasteiger partial charge in [-0.25, -0.2) is 12.7 Å². The summed E-state index contributed by atoms with van der Waals surface area (Å²) in [6.07, 6.45) is 2.89. The lowest BCUT2D eigenvalue weighted by Crippen LogP contribution is -2.45. The number of halogens is 1. The van der Waals surface area contributed by atoms with Crippen LogP contribution >= 0.6 is 11.6 Å². The molecule has 0 bridgehead atoms. The van der Waals surface area contributed by atoms with E-state index in [9.17, 15) is 13.2 Å². The lowest BCUT2D eigenvalue weighted by atomic mass is 9.99. The maximum absolute atomic E-state index is 12.7. The van der Waals surface area contributed by atoms with Crippen LogP contribution in [0.4, 0.5) is 0 Å². The van der Waals surface area contributed by atoms with E-state index in [-0.39, 0.29) is 24.1 Å². The largest absolute Gasteiger partial charge is 0.467 e. The molecule has 1 saturated heterocycles. The molecule has 0 spiro atoms. The summed E-state index contributed by atoms with van der Waals surface area (Å²) in [7, 11) is -3.48. The van der Waals surface area contributed by atoms with Gasteiger partial charge in [-0.2, -0.15) is 0 Å². The van der Waals surface area contributed by atoms with Crippen molar-refractivity contribution >= 4 is 27.5 Å². The summed E-state index contributed by atoms with van der Waals surface area (Å²) in [6.45, 7) is 0.956. The first kappa shape index (κ1) is 18.9. The fraction of sp³-hybridized carbons (Fsp3) is 0.389. The number of benzene rings is 1. The number of nitrogens with one attached hydrogen (secondary N) is 1. The number of hydrogen-bond donors (Lipinski definition) is 1. The maximum atomic E-state index is 12.7. The highest BCUT2D eigenvalue weighted by Crippen LogP contribution is 2.22. The van der Waals surface area contributed by atoms with E-state index in [1.54, 1.807) is 42.7 Å². The normalized spacial score (nSPS) is 18.6. The van der Waals surface area contributed by atoms with E-state index >= 15 is 0 Å². The van der Waals surface area contributed by atoms with Crippen LogP contribution in [0.5, 0.6) is 0 Å². The van der Waals surface area contributed by atoms with E-state index < -0.39 is 10.0 Å². The molecule has 1 atom stereocenters. The van der Waals surface area contributed by atoms with E-state index in [1.165, 1.54) is 4.31 Å². The molecule has 1 aliphatic heterocycles. The summed E-state index contributed by atoms with van der Waals surface area (Å²) in [4.78, 5) is 12.4. The second kappa shape index (κ2) is 8.24. The minimum Gasteiger partial charge on any atom is -0.467 e. The van der Waals surface area contributed by atoms with Gasteiger partial charge >= 0.3 is 0 Å². The van der Waals surface area contributed by atoms with Crippen LogP contribution in [-0.2, 0) is 27.1 Å². The number of amides is 1. The second-order valence-corrected chi connectivity index (χ2v) is 8.78. The van der Waals surface area contributed by atoms with Gasteiger partial charge in [-0.15, -0.1) is 0 Å². The highest BCUT2D eigenvalue weighted by molar-refractivity contribution is 7.88. The molecular weight excluding hydrogens is 376 g/mol. The van der Waals surface area contributed by atoms with E-state index in [0.717, 1.165) is 0 Å². The topological polar surface area (TPSA) is 79.6 Å². The Balaban J connectivity index is 1.59. The Morgan fingerprint density at radius 1 is 1.27 bits per heavy atom. The predicted octanol–water partition coefficient (Wildman–Crippen LogP) is 2.79. The zero-order valence-electron chi connectivity index (χ0n) is 14.2. The smallest absolute Gasteiger partial charge is 0.224 e. The number of furan rings is 1. The molecule has 1 aromatic carbocycles. The van der Waals surface area contributed by atoms with Crippen LogP contribution < -0.4 is 5.32 Å². The monoisotopic (exact) mass is 396 g/mol. The number of sulfonamides is 1. The molecule has 0 saturated carbocycles. The average Bonchev–Trinajstić information content (AvgIpc) is 3.15. The maximum Gasteiger partial charge on any atom is 0.224 e. The van der Waals surface area contributed by atoms with Crippen molar-refractivity contribution in [1.29, 1.82) is 0 Å². The van der Waals surface area contributed by atoms with Crippen molar-refractivity contribution in [3.05, 3.63) is 59.0 Å². The summed E-state index contributed by atoms with van der Waals surface area (Å²) in [6, 6.07) is 10.3. The first-order valence-electron chi connectivity index (χ1n) is 8.46. The first-order valence-corrected chi connectivity index (χ1v) is 10.4. The van der Waals surface area contributed by atoms with E-state index in [1.807, 2.05) is 0 Å². The molecule has 0 aliphatic carbocycles. The van der Waals surface area contributed by atoms with Gasteiger partial charge in [0.05, 0.1) is 24.5 Å². The van der Waals surface area contributed by atoms with Crippen LogP contribution in [0.25, 0.3) is 0 Å². The SMILES string of the molecule is O=C(NCc1ccco1)[C@H]1CCCN(S(=O)(=O)Cc2ccc(Cl)cc2)C1. The Morgan fingerprint density at radius 2 is 2.04 bits per heavy atom. The van der Waals surface area contributed by atoms with Crippen molar-refractivity contribution in [3.8, 4) is 0 Å². The van der Waals surface area contributed by atoms with Gasteiger partial charge < -0.3 is 9.73 Å². The van der Waals surface area contributed by atoms with E-state index in [2.05, 4.69) is 5.32 Å². The Bertz CT molecular complexity index is 835. The minimum atomic E-state index is -3.48. The van der Waals surface area contributed by atoms with Crippen molar-refractivity contribution in [2.45, 2.75) is 25.1 Å². The van der Waals surface area contributed by atoms with Crippen LogP contribution in [-0.4, -0.2) is 31.7 Å². The predicted molar refractivity (Wildman–Crippen MR) is 98.9 cm³/mol. The Hall–Kier alpha value is -1.83. The summed E-state index contributed by atoms with van der Waals surface area (Å²) in [5.74, 6) is 0.0816. The summed E-state index contributed by atoms with van der Waals surface area (Å²) in [5, 5.41) is 3.38. The summed E-state index contributed by atoms with van der Waals surface area (Å²) >= 11 is 5.84. The van der Waals surface area contributed by atoms with Crippen LogP contribution in [0.1, 0.15) is 24.2 Å². The molecule has 1 amide bonds. The molecule has 140 valence electrons. The third-order valence-electron chi connectivity index (χ3n) is 4.43. The Morgan fingerprint density at radius 3 is 2.73 bits per heavy atom. The molecule has 1 aromatic heterocycles. The zero-order valence-corrected chi connectivity index (χ0v) is 15.8. The van der Waals surface area contributed by atoms with Crippen LogP contribution in [0.15, 0.2) is 47.1 Å². The van der Waals surface area contributed by atoms with Crippen molar-refractivity contribution in [1.82, 2.24) is 9.62 Å². The van der Waals surface area contributed by atoms with Gasteiger partial charge in [-0.05, 0) is 42.7 Å². The number of rotatable bonds is 6. The molecule has 0 radical (unpaired) electrons. The summed E-state index contributed by atoms with van der Waals surface area (Å²) in [5.41, 5.74) is 0.679. The third kappa shape index (κ3) is 4.87. The lowest BCUT2D eigenvalue weighted by Gasteiger charge is -2.31. The minimum absolute atomic E-state index is 0.0924. The van der Waals surface area contributed by atoms with E-state index in [4.69, 9.17) is 16.0 Å². The second-order valence-electron chi connectivity index (χ2n) is 6.38. The molecular formula is C18H21ClN2O4S. The quantitative estimate of drug-likeness (QED) is 0.814. The van der Waals surface area contributed by atoms with Crippen molar-refractivity contribution < 1.29 is 17.6 Å². The number of carbonyl (C=O) groups excluding carboxylic acids is 1. The molecule has 8 heteroatoms. The van der Waals surface area contributed by atoms with Crippen molar-refractivity contribution in [2.75, 3.05) is 13.1 Å². The molecule has 0 unspecified atom stereocenters. The van der Waals surface area contributed by atoms with Crippen LogP contribution in [0, 0.1) is 5.92 Å². The van der Waals surface area contributed by atoms with Gasteiger partial charge in [-0.3, -0.25) is 4.79 Å². The molecule has 1 aliphatic rings. The number of carbonyl (C=O) groups is 1. The fourth-order valence-electron chi connectivity index (χ4n) is 3.02. The van der Waals surface area contributed by atoms with Gasteiger partial charge in [0.15, 0.2) is 0 Å². The molecule has 2 aromatic rings. The van der Waals surface area contributed by atoms with Gasteiger partial charge in [0.2, 0.25) is 15.9 Å². The highest BCUT2D eigenvalue weighted by Gasteiger charge is 2.32. The zero-order chi connectivity index (χ0) is 18.6. The number of piperidine rings is 1. The Labute approximate surface area is 158 Å². The van der Waals surface area contributed by atoms with Crippen molar-refractivity contribution in [3.63, 3.8) is 0 Å². The molecule has 6 nitrogen and oxygen atoms in total. The average molecular weight is 397 g/mol. The third-order valence-corrected chi connectivity index (χ3v) is 6.50. The number of nitrogens with zero attached hydrogens (tertiary/aromatic N) is 1. The molecule has 26 heavy (non-hydrogen) atoms. The first-order chi connectivity index (χ1) is 12.4. The summed E-state index contributed by atoms with van der Waals surface area (Å²) < 4.78 is 32.0. The molecule has 2 heterocycles. The highest BCUT2D eigenvalue weighted by atomic mass is 35.5. The number of hydrogen-bond acceptors (Lipinski definition) is 4. The van der Waals surface area contributed by atoms with Gasteiger partial charge in [-0.1, -0.05) is 23.7 Å². The van der Waals surface area contributed by atoms with E-state index in [0.29, 0.717) is 42.3 Å². The fourth-order valence-corrected chi connectivity index (χ4v) is 4.76. The van der Waals surface area contributed by atoms with Gasteiger partial charge in [0, 0.05) is 18.1 Å². The molecule has 1 fully saturated rings. The van der Waals surface area contributed by atoms with Crippen LogP contribution in [0.3, 0.4) is 0 Å². The van der Waals surface area contributed by atoms with Crippen LogP contribution in [0.2, 0.25) is 5.02 Å². The lowest BCUT2D eigenvalue weighted by molar-refractivity contribution is -0.126. The Kier molecular flexibility index (Phi) is 6.01. The van der Waals surface area contributed by atoms with Gasteiger partial charge in [0.25, 0.3) is 0 Å². The van der Waals surface area contributed by atoms with Crippen molar-refractivity contribution in [2.24, 2.45) is 5.92 Å². The molecule has 3 rings (SSSR count).